The highest BCUT2D eigenvalue weighted by Crippen LogP contribution is 2.27. The Morgan fingerprint density at radius 1 is 1.42 bits per heavy atom. The maximum absolute atomic E-state index is 11.5. The molecule has 1 aliphatic rings. The Morgan fingerprint density at radius 3 is 2.84 bits per heavy atom. The molecule has 2 amide bonds. The largest absolute Gasteiger partial charge is 0.491 e. The second-order valence-electron chi connectivity index (χ2n) is 4.66. The predicted octanol–water partition coefficient (Wildman–Crippen LogP) is 1.61. The van der Waals surface area contributed by atoms with Crippen LogP contribution in [0.3, 0.4) is 0 Å². The number of imide groups is 1. The smallest absolute Gasteiger partial charge is 0.249 e. The van der Waals surface area contributed by atoms with Gasteiger partial charge in [0, 0.05) is 0 Å². The first-order chi connectivity index (χ1) is 9.10. The molecule has 1 aromatic carbocycles. The third kappa shape index (κ3) is 3.24. The zero-order valence-corrected chi connectivity index (χ0v) is 11.2. The number of nitrogens with one attached hydrogen (secondary N) is 2. The van der Waals surface area contributed by atoms with Gasteiger partial charge in [0.1, 0.15) is 11.8 Å². The molecule has 1 unspecified atom stereocenters. The van der Waals surface area contributed by atoms with E-state index in [1.807, 2.05) is 32.0 Å². The molecule has 5 heteroatoms. The second kappa shape index (κ2) is 5.73. The zero-order chi connectivity index (χ0) is 13.8. The molecular weight excluding hydrogens is 244 g/mol. The van der Waals surface area contributed by atoms with Crippen molar-refractivity contribution in [2.24, 2.45) is 0 Å². The summed E-state index contributed by atoms with van der Waals surface area (Å²) in [5, 5.41) is 5.35. The normalized spacial score (nSPS) is 18.3. The average Bonchev–Trinajstić information content (AvgIpc) is 2.68. The van der Waals surface area contributed by atoms with Crippen molar-refractivity contribution in [2.45, 2.75) is 32.7 Å². The van der Waals surface area contributed by atoms with E-state index in [0.717, 1.165) is 17.7 Å². The lowest BCUT2D eigenvalue weighted by molar-refractivity contribution is -0.124. The van der Waals surface area contributed by atoms with Crippen molar-refractivity contribution in [1.29, 1.82) is 0 Å². The Hall–Kier alpha value is -2.04. The summed E-state index contributed by atoms with van der Waals surface area (Å²) >= 11 is 0. The SMILES string of the molecule is CCCOc1cc(C)ccc1NC1CC(=O)NC1=O. The number of ether oxygens (including phenoxy) is 1. The summed E-state index contributed by atoms with van der Waals surface area (Å²) in [5.74, 6) is 0.187. The molecule has 2 N–H and O–H groups in total. The quantitative estimate of drug-likeness (QED) is 0.791. The first-order valence-electron chi connectivity index (χ1n) is 6.44. The molecular formula is C14H18N2O3. The predicted molar refractivity (Wildman–Crippen MR) is 72.1 cm³/mol. The van der Waals surface area contributed by atoms with Crippen LogP contribution in [0.15, 0.2) is 18.2 Å². The molecule has 1 aliphatic heterocycles. The van der Waals surface area contributed by atoms with E-state index in [9.17, 15) is 9.59 Å². The Balaban J connectivity index is 2.14. The molecule has 19 heavy (non-hydrogen) atoms. The molecule has 1 saturated heterocycles. The standard InChI is InChI=1S/C14H18N2O3/c1-3-6-19-12-7-9(2)4-5-10(12)15-11-8-13(17)16-14(11)18/h4-5,7,11,15H,3,6,8H2,1-2H3,(H,16,17,18). The lowest BCUT2D eigenvalue weighted by atomic mass is 10.1. The van der Waals surface area contributed by atoms with Crippen molar-refractivity contribution in [2.75, 3.05) is 11.9 Å². The highest BCUT2D eigenvalue weighted by atomic mass is 16.5. The molecule has 1 atom stereocenters. The van der Waals surface area contributed by atoms with Gasteiger partial charge in [-0.25, -0.2) is 0 Å². The third-order valence-corrected chi connectivity index (χ3v) is 2.90. The third-order valence-electron chi connectivity index (χ3n) is 2.90. The van der Waals surface area contributed by atoms with Gasteiger partial charge >= 0.3 is 0 Å². The summed E-state index contributed by atoms with van der Waals surface area (Å²) in [6.07, 6.45) is 1.08. The van der Waals surface area contributed by atoms with Crippen molar-refractivity contribution in [3.63, 3.8) is 0 Å². The fourth-order valence-electron chi connectivity index (χ4n) is 1.94. The molecule has 0 radical (unpaired) electrons. The van der Waals surface area contributed by atoms with Gasteiger partial charge in [-0.1, -0.05) is 13.0 Å². The van der Waals surface area contributed by atoms with Crippen LogP contribution in [-0.4, -0.2) is 24.5 Å². The maximum atomic E-state index is 11.5. The fraction of sp³-hybridized carbons (Fsp3) is 0.429. The highest BCUT2D eigenvalue weighted by molar-refractivity contribution is 6.06. The molecule has 0 spiro atoms. The Morgan fingerprint density at radius 2 is 2.21 bits per heavy atom. The van der Waals surface area contributed by atoms with Gasteiger partial charge in [0.15, 0.2) is 0 Å². The monoisotopic (exact) mass is 262 g/mol. The van der Waals surface area contributed by atoms with Crippen LogP contribution in [0.1, 0.15) is 25.3 Å². The van der Waals surface area contributed by atoms with Crippen LogP contribution in [0.25, 0.3) is 0 Å². The molecule has 1 heterocycles. The zero-order valence-electron chi connectivity index (χ0n) is 11.2. The van der Waals surface area contributed by atoms with Crippen molar-refractivity contribution < 1.29 is 14.3 Å². The Bertz CT molecular complexity index is 499. The molecule has 2 rings (SSSR count). The van der Waals surface area contributed by atoms with E-state index in [4.69, 9.17) is 4.74 Å². The van der Waals surface area contributed by atoms with E-state index in [-0.39, 0.29) is 18.2 Å². The lowest BCUT2D eigenvalue weighted by Gasteiger charge is -2.16. The van der Waals surface area contributed by atoms with Crippen molar-refractivity contribution in [3.8, 4) is 5.75 Å². The number of anilines is 1. The lowest BCUT2D eigenvalue weighted by Crippen LogP contribution is -2.30. The number of hydrogen-bond donors (Lipinski definition) is 2. The van der Waals surface area contributed by atoms with Crippen LogP contribution < -0.4 is 15.4 Å². The van der Waals surface area contributed by atoms with Gasteiger partial charge in [0.25, 0.3) is 0 Å². The van der Waals surface area contributed by atoms with Gasteiger partial charge in [-0.2, -0.15) is 0 Å². The number of hydrogen-bond acceptors (Lipinski definition) is 4. The highest BCUT2D eigenvalue weighted by Gasteiger charge is 2.30. The first-order valence-corrected chi connectivity index (χ1v) is 6.44. The number of benzene rings is 1. The molecule has 0 bridgehead atoms. The second-order valence-corrected chi connectivity index (χ2v) is 4.66. The minimum absolute atomic E-state index is 0.167. The molecule has 0 aliphatic carbocycles. The van der Waals surface area contributed by atoms with Crippen LogP contribution >= 0.6 is 0 Å². The summed E-state index contributed by atoms with van der Waals surface area (Å²) < 4.78 is 5.66. The fourth-order valence-corrected chi connectivity index (χ4v) is 1.94. The molecule has 1 aromatic rings. The van der Waals surface area contributed by atoms with Gasteiger partial charge in [-0.3, -0.25) is 14.9 Å². The minimum atomic E-state index is -0.515. The molecule has 5 nitrogen and oxygen atoms in total. The van der Waals surface area contributed by atoms with Gasteiger partial charge < -0.3 is 10.1 Å². The first kappa shape index (κ1) is 13.4. The molecule has 1 fully saturated rings. The number of carbonyl (C=O) groups excluding carboxylic acids is 2. The van der Waals surface area contributed by atoms with Crippen molar-refractivity contribution in [1.82, 2.24) is 5.32 Å². The van der Waals surface area contributed by atoms with Crippen LogP contribution in [0, 0.1) is 6.92 Å². The topological polar surface area (TPSA) is 67.4 Å². The van der Waals surface area contributed by atoms with Gasteiger partial charge in [-0.05, 0) is 31.0 Å². The van der Waals surface area contributed by atoms with E-state index in [1.54, 1.807) is 0 Å². The van der Waals surface area contributed by atoms with E-state index < -0.39 is 6.04 Å². The van der Waals surface area contributed by atoms with Gasteiger partial charge in [0.2, 0.25) is 11.8 Å². The molecule has 102 valence electrons. The van der Waals surface area contributed by atoms with Crippen LogP contribution in [0.5, 0.6) is 5.75 Å². The maximum Gasteiger partial charge on any atom is 0.249 e. The van der Waals surface area contributed by atoms with Gasteiger partial charge in [0.05, 0.1) is 18.7 Å². The molecule has 0 saturated carbocycles. The summed E-state index contributed by atoms with van der Waals surface area (Å²) in [6.45, 7) is 4.63. The number of amides is 2. The van der Waals surface area contributed by atoms with Gasteiger partial charge in [-0.15, -0.1) is 0 Å². The summed E-state index contributed by atoms with van der Waals surface area (Å²) in [6, 6.07) is 5.22. The van der Waals surface area contributed by atoms with Crippen LogP contribution in [0.4, 0.5) is 5.69 Å². The average molecular weight is 262 g/mol. The van der Waals surface area contributed by atoms with Crippen LogP contribution in [0.2, 0.25) is 0 Å². The molecule has 0 aromatic heterocycles. The van der Waals surface area contributed by atoms with Crippen molar-refractivity contribution in [3.05, 3.63) is 23.8 Å². The summed E-state index contributed by atoms with van der Waals surface area (Å²) in [7, 11) is 0. The van der Waals surface area contributed by atoms with E-state index in [0.29, 0.717) is 12.4 Å². The van der Waals surface area contributed by atoms with E-state index in [2.05, 4.69) is 10.6 Å². The van der Waals surface area contributed by atoms with Crippen LogP contribution in [-0.2, 0) is 9.59 Å². The Labute approximate surface area is 112 Å². The summed E-state index contributed by atoms with van der Waals surface area (Å²) in [4.78, 5) is 22.7. The van der Waals surface area contributed by atoms with E-state index in [1.165, 1.54) is 0 Å². The minimum Gasteiger partial charge on any atom is -0.491 e. The summed E-state index contributed by atoms with van der Waals surface area (Å²) in [5.41, 5.74) is 1.83. The number of rotatable bonds is 5. The van der Waals surface area contributed by atoms with E-state index >= 15 is 0 Å². The Kier molecular flexibility index (Phi) is 4.04. The number of carbonyl (C=O) groups is 2. The van der Waals surface area contributed by atoms with Crippen molar-refractivity contribution >= 4 is 17.5 Å². The number of aryl methyl sites for hydroxylation is 1.